The Morgan fingerprint density at radius 3 is 1.25 bits per heavy atom. The third-order valence-electron chi connectivity index (χ3n) is 8.16. The van der Waals surface area contributed by atoms with E-state index in [1.54, 1.807) is 7.11 Å². The summed E-state index contributed by atoms with van der Waals surface area (Å²) in [6, 6.07) is 16.5. The Balaban J connectivity index is 1.56. The van der Waals surface area contributed by atoms with Crippen molar-refractivity contribution >= 4 is 5.97 Å². The number of methoxy groups -OCH3 is 1. The SMILES string of the molecule is CCCCCCCCCCCCCCCCCCCCCC(c1ccc(OC)cc1)c1ccc(OC(C)=O)cc1. The third-order valence-corrected chi connectivity index (χ3v) is 8.16. The molecule has 0 amide bonds. The molecule has 0 heterocycles. The average Bonchev–Trinajstić information content (AvgIpc) is 2.96. The number of carbonyl (C=O) groups excluding carboxylic acids is 1. The smallest absolute Gasteiger partial charge is 0.308 e. The standard InChI is InChI=1S/C37H58O3/c1-4-5-6-7-8-9-10-11-12-13-14-15-16-17-18-19-20-21-22-23-37(33-24-28-35(39-3)29-25-33)34-26-30-36(31-27-34)40-32(2)38/h24-31,37H,4-23H2,1-3H3. The van der Waals surface area contributed by atoms with Crippen LogP contribution in [0.1, 0.15) is 159 Å². The molecule has 0 bridgehead atoms. The van der Waals surface area contributed by atoms with E-state index < -0.39 is 0 Å². The zero-order valence-corrected chi connectivity index (χ0v) is 26.1. The molecular weight excluding hydrogens is 492 g/mol. The van der Waals surface area contributed by atoms with Gasteiger partial charge in [0, 0.05) is 12.8 Å². The van der Waals surface area contributed by atoms with E-state index in [0.717, 1.165) is 12.2 Å². The molecule has 3 nitrogen and oxygen atoms in total. The van der Waals surface area contributed by atoms with Crippen molar-refractivity contribution in [3.8, 4) is 11.5 Å². The average molecular weight is 551 g/mol. The molecule has 0 fully saturated rings. The Morgan fingerprint density at radius 2 is 0.900 bits per heavy atom. The molecule has 0 radical (unpaired) electrons. The molecule has 0 aliphatic carbocycles. The Bertz CT molecular complexity index is 871. The summed E-state index contributed by atoms with van der Waals surface area (Å²) in [6.45, 7) is 3.73. The van der Waals surface area contributed by atoms with Crippen molar-refractivity contribution in [2.75, 3.05) is 7.11 Å². The van der Waals surface area contributed by atoms with E-state index in [1.807, 2.05) is 24.3 Å². The molecule has 0 aliphatic rings. The molecule has 0 aromatic heterocycles. The highest BCUT2D eigenvalue weighted by Gasteiger charge is 2.15. The minimum absolute atomic E-state index is 0.284. The van der Waals surface area contributed by atoms with Gasteiger partial charge < -0.3 is 9.47 Å². The van der Waals surface area contributed by atoms with Crippen molar-refractivity contribution in [3.63, 3.8) is 0 Å². The fraction of sp³-hybridized carbons (Fsp3) is 0.649. The molecule has 1 atom stereocenters. The van der Waals surface area contributed by atoms with E-state index in [1.165, 1.54) is 140 Å². The van der Waals surface area contributed by atoms with E-state index in [4.69, 9.17) is 9.47 Å². The van der Waals surface area contributed by atoms with Gasteiger partial charge in [-0.15, -0.1) is 0 Å². The lowest BCUT2D eigenvalue weighted by molar-refractivity contribution is -0.131. The molecule has 0 aliphatic heterocycles. The molecule has 3 heteroatoms. The van der Waals surface area contributed by atoms with Gasteiger partial charge in [0.05, 0.1) is 7.11 Å². The quantitative estimate of drug-likeness (QED) is 0.0740. The summed E-state index contributed by atoms with van der Waals surface area (Å²) in [6.07, 6.45) is 27.8. The van der Waals surface area contributed by atoms with Gasteiger partial charge in [-0.2, -0.15) is 0 Å². The summed E-state index contributed by atoms with van der Waals surface area (Å²) >= 11 is 0. The van der Waals surface area contributed by atoms with Gasteiger partial charge in [0.15, 0.2) is 0 Å². The van der Waals surface area contributed by atoms with Crippen molar-refractivity contribution in [3.05, 3.63) is 59.7 Å². The number of carbonyl (C=O) groups is 1. The summed E-state index contributed by atoms with van der Waals surface area (Å²) < 4.78 is 10.6. The van der Waals surface area contributed by atoms with Gasteiger partial charge in [-0.25, -0.2) is 0 Å². The Kier molecular flexibility index (Phi) is 19.0. The van der Waals surface area contributed by atoms with Gasteiger partial charge in [-0.1, -0.05) is 153 Å². The molecule has 0 saturated heterocycles. The monoisotopic (exact) mass is 550 g/mol. The van der Waals surface area contributed by atoms with Crippen LogP contribution in [0.3, 0.4) is 0 Å². The fourth-order valence-electron chi connectivity index (χ4n) is 5.72. The summed E-state index contributed by atoms with van der Waals surface area (Å²) in [5.41, 5.74) is 2.58. The zero-order valence-electron chi connectivity index (χ0n) is 26.1. The number of benzene rings is 2. The van der Waals surface area contributed by atoms with Crippen LogP contribution in [-0.4, -0.2) is 13.1 Å². The van der Waals surface area contributed by atoms with Gasteiger partial charge in [-0.3, -0.25) is 4.79 Å². The van der Waals surface area contributed by atoms with Crippen LogP contribution in [0.4, 0.5) is 0 Å². The van der Waals surface area contributed by atoms with Crippen LogP contribution >= 0.6 is 0 Å². The predicted octanol–water partition coefficient (Wildman–Crippen LogP) is 11.6. The number of ether oxygens (including phenoxy) is 2. The highest BCUT2D eigenvalue weighted by atomic mass is 16.5. The lowest BCUT2D eigenvalue weighted by Crippen LogP contribution is -2.04. The van der Waals surface area contributed by atoms with Gasteiger partial charge in [-0.05, 0) is 41.8 Å². The molecule has 2 aromatic rings. The van der Waals surface area contributed by atoms with Gasteiger partial charge in [0.1, 0.15) is 11.5 Å². The second-order valence-corrected chi connectivity index (χ2v) is 11.6. The zero-order chi connectivity index (χ0) is 28.7. The van der Waals surface area contributed by atoms with Crippen molar-refractivity contribution in [1.29, 1.82) is 0 Å². The molecule has 1 unspecified atom stereocenters. The first kappa shape index (κ1) is 33.9. The minimum Gasteiger partial charge on any atom is -0.497 e. The second kappa shape index (κ2) is 22.4. The maximum atomic E-state index is 11.3. The fourth-order valence-corrected chi connectivity index (χ4v) is 5.72. The molecular formula is C37H58O3. The van der Waals surface area contributed by atoms with Crippen LogP contribution in [0.25, 0.3) is 0 Å². The second-order valence-electron chi connectivity index (χ2n) is 11.6. The Hall–Kier alpha value is -2.29. The van der Waals surface area contributed by atoms with Crippen molar-refractivity contribution in [2.24, 2.45) is 0 Å². The maximum absolute atomic E-state index is 11.3. The predicted molar refractivity (Wildman–Crippen MR) is 171 cm³/mol. The highest BCUT2D eigenvalue weighted by molar-refractivity contribution is 5.69. The number of hydrogen-bond acceptors (Lipinski definition) is 3. The molecule has 40 heavy (non-hydrogen) atoms. The topological polar surface area (TPSA) is 35.5 Å². The van der Waals surface area contributed by atoms with Gasteiger partial charge in [0.2, 0.25) is 0 Å². The largest absolute Gasteiger partial charge is 0.497 e. The van der Waals surface area contributed by atoms with Crippen LogP contribution in [0.2, 0.25) is 0 Å². The first-order valence-electron chi connectivity index (χ1n) is 16.6. The van der Waals surface area contributed by atoms with E-state index in [0.29, 0.717) is 11.7 Å². The maximum Gasteiger partial charge on any atom is 0.308 e. The molecule has 224 valence electrons. The molecule has 2 aromatic carbocycles. The molecule has 0 saturated carbocycles. The first-order valence-corrected chi connectivity index (χ1v) is 16.6. The van der Waals surface area contributed by atoms with Crippen molar-refractivity contribution in [2.45, 2.75) is 148 Å². The Morgan fingerprint density at radius 1 is 0.550 bits per heavy atom. The first-order chi connectivity index (χ1) is 19.6. The number of rotatable bonds is 24. The highest BCUT2D eigenvalue weighted by Crippen LogP contribution is 2.32. The molecule has 2 rings (SSSR count). The Labute approximate surface area is 246 Å². The van der Waals surface area contributed by atoms with Crippen LogP contribution in [0, 0.1) is 0 Å². The van der Waals surface area contributed by atoms with Crippen LogP contribution in [0.5, 0.6) is 11.5 Å². The van der Waals surface area contributed by atoms with E-state index >= 15 is 0 Å². The van der Waals surface area contributed by atoms with E-state index in [2.05, 4.69) is 31.2 Å². The van der Waals surface area contributed by atoms with Gasteiger partial charge >= 0.3 is 5.97 Å². The summed E-state index contributed by atoms with van der Waals surface area (Å²) in [5.74, 6) is 1.54. The summed E-state index contributed by atoms with van der Waals surface area (Å²) in [5, 5.41) is 0. The lowest BCUT2D eigenvalue weighted by Gasteiger charge is -2.19. The summed E-state index contributed by atoms with van der Waals surface area (Å²) in [4.78, 5) is 11.3. The summed E-state index contributed by atoms with van der Waals surface area (Å²) in [7, 11) is 1.71. The molecule has 0 N–H and O–H groups in total. The molecule has 0 spiro atoms. The van der Waals surface area contributed by atoms with Gasteiger partial charge in [0.25, 0.3) is 0 Å². The van der Waals surface area contributed by atoms with Crippen LogP contribution in [0.15, 0.2) is 48.5 Å². The van der Waals surface area contributed by atoms with E-state index in [-0.39, 0.29) is 5.97 Å². The number of hydrogen-bond donors (Lipinski definition) is 0. The van der Waals surface area contributed by atoms with Crippen molar-refractivity contribution < 1.29 is 14.3 Å². The number of esters is 1. The minimum atomic E-state index is -0.284. The number of unbranched alkanes of at least 4 members (excludes halogenated alkanes) is 18. The van der Waals surface area contributed by atoms with Crippen LogP contribution < -0.4 is 9.47 Å². The van der Waals surface area contributed by atoms with Crippen molar-refractivity contribution in [1.82, 2.24) is 0 Å². The third kappa shape index (κ3) is 15.5. The lowest BCUT2D eigenvalue weighted by atomic mass is 9.86. The normalized spacial score (nSPS) is 11.9. The van der Waals surface area contributed by atoms with E-state index in [9.17, 15) is 4.79 Å². The van der Waals surface area contributed by atoms with Crippen LogP contribution in [-0.2, 0) is 4.79 Å².